The van der Waals surface area contributed by atoms with Crippen molar-refractivity contribution in [3.63, 3.8) is 0 Å². The van der Waals surface area contributed by atoms with Gasteiger partial charge in [-0.1, -0.05) is 188 Å². The summed E-state index contributed by atoms with van der Waals surface area (Å²) in [5.74, 6) is 0. The Morgan fingerprint density at radius 1 is 0.333 bits per heavy atom. The van der Waals surface area contributed by atoms with Crippen LogP contribution in [0.15, 0.2) is 224 Å². The van der Waals surface area contributed by atoms with Crippen molar-refractivity contribution in [2.75, 3.05) is 4.90 Å². The van der Waals surface area contributed by atoms with E-state index >= 15 is 0 Å². The third-order valence-corrected chi connectivity index (χ3v) is 13.0. The second kappa shape index (κ2) is 15.2. The van der Waals surface area contributed by atoms with Gasteiger partial charge in [-0.05, 0) is 134 Å². The van der Waals surface area contributed by atoms with Crippen molar-refractivity contribution in [1.82, 2.24) is 0 Å². The summed E-state index contributed by atoms with van der Waals surface area (Å²) in [6, 6.07) is 83.3. The van der Waals surface area contributed by atoms with Gasteiger partial charge in [0.2, 0.25) is 0 Å². The summed E-state index contributed by atoms with van der Waals surface area (Å²) in [4.78, 5) is 2.47. The van der Waals surface area contributed by atoms with E-state index in [1.807, 2.05) is 0 Å². The summed E-state index contributed by atoms with van der Waals surface area (Å²) in [5, 5.41) is 0. The number of hydrogen-bond donors (Lipinski definition) is 0. The molecule has 9 aromatic rings. The first-order valence-electron chi connectivity index (χ1n) is 21.4. The number of aryl methyl sites for hydroxylation is 1. The van der Waals surface area contributed by atoms with Crippen LogP contribution in [0.5, 0.6) is 0 Å². The molecular formula is C59H45N. The molecule has 2 aliphatic carbocycles. The Bertz CT molecular complexity index is 2890. The van der Waals surface area contributed by atoms with Crippen LogP contribution in [0.4, 0.5) is 17.1 Å². The molecule has 0 aromatic heterocycles. The summed E-state index contributed by atoms with van der Waals surface area (Å²) in [6.45, 7) is 0. The molecule has 0 saturated carbocycles. The first kappa shape index (κ1) is 35.9. The van der Waals surface area contributed by atoms with Crippen molar-refractivity contribution in [3.05, 3.63) is 258 Å². The van der Waals surface area contributed by atoms with Crippen molar-refractivity contribution >= 4 is 17.1 Å². The van der Waals surface area contributed by atoms with E-state index < -0.39 is 5.41 Å². The monoisotopic (exact) mass is 767 g/mol. The van der Waals surface area contributed by atoms with Crippen LogP contribution in [0, 0.1) is 0 Å². The van der Waals surface area contributed by atoms with Crippen molar-refractivity contribution in [1.29, 1.82) is 0 Å². The smallest absolute Gasteiger partial charge is 0.0714 e. The summed E-state index contributed by atoms with van der Waals surface area (Å²) in [5.41, 5.74) is 21.0. The van der Waals surface area contributed by atoms with Gasteiger partial charge in [0.1, 0.15) is 0 Å². The molecule has 0 atom stereocenters. The molecule has 0 radical (unpaired) electrons. The largest absolute Gasteiger partial charge is 0.310 e. The van der Waals surface area contributed by atoms with Crippen molar-refractivity contribution < 1.29 is 0 Å². The standard InChI is InChI=1S/C59H45N/c1-5-18-42(19-6-1)43-36-38-50(39-37-43)60(49-26-11-4-12-27-49)58-41-57-55(40-54(58)46-34-32-45(33-35-46)52-30-17-21-44-20-13-14-28-51(44)52)53-29-15-16-31-56(53)59(57,47-22-7-2-8-23-47)48-24-9-3-10-25-48/h1-12,15-19,21-27,29-41H,13-14,20,28H2. The highest BCUT2D eigenvalue weighted by molar-refractivity contribution is 5.97. The number of anilines is 3. The molecule has 9 aromatic carbocycles. The molecule has 0 bridgehead atoms. The molecule has 0 N–H and O–H groups in total. The Hall–Kier alpha value is -7.22. The maximum Gasteiger partial charge on any atom is 0.0714 e. The highest BCUT2D eigenvalue weighted by Crippen LogP contribution is 2.59. The summed E-state index contributed by atoms with van der Waals surface area (Å²) < 4.78 is 0. The summed E-state index contributed by atoms with van der Waals surface area (Å²) >= 11 is 0. The van der Waals surface area contributed by atoms with Crippen LogP contribution >= 0.6 is 0 Å². The van der Waals surface area contributed by atoms with Crippen LogP contribution in [0.2, 0.25) is 0 Å². The summed E-state index contributed by atoms with van der Waals surface area (Å²) in [6.07, 6.45) is 4.87. The average Bonchev–Trinajstić information content (AvgIpc) is 3.62. The van der Waals surface area contributed by atoms with Gasteiger partial charge in [0, 0.05) is 16.9 Å². The fourth-order valence-corrected chi connectivity index (χ4v) is 10.2. The Balaban J connectivity index is 1.18. The number of benzene rings is 9. The molecule has 2 aliphatic rings. The number of hydrogen-bond acceptors (Lipinski definition) is 1. The Labute approximate surface area is 353 Å². The molecule has 11 rings (SSSR count). The molecule has 0 amide bonds. The normalized spacial score (nSPS) is 13.5. The third-order valence-electron chi connectivity index (χ3n) is 13.0. The first-order valence-corrected chi connectivity index (χ1v) is 21.4. The van der Waals surface area contributed by atoms with Gasteiger partial charge in [-0.3, -0.25) is 0 Å². The van der Waals surface area contributed by atoms with E-state index in [1.54, 1.807) is 0 Å². The van der Waals surface area contributed by atoms with Gasteiger partial charge in [-0.15, -0.1) is 0 Å². The minimum atomic E-state index is -0.530. The van der Waals surface area contributed by atoms with E-state index in [1.165, 1.54) is 97.2 Å². The molecule has 0 aliphatic heterocycles. The van der Waals surface area contributed by atoms with Crippen LogP contribution in [0.3, 0.4) is 0 Å². The van der Waals surface area contributed by atoms with Crippen molar-refractivity contribution in [3.8, 4) is 44.5 Å². The minimum absolute atomic E-state index is 0.530. The van der Waals surface area contributed by atoms with E-state index in [2.05, 4.69) is 229 Å². The van der Waals surface area contributed by atoms with Gasteiger partial charge in [-0.2, -0.15) is 0 Å². The van der Waals surface area contributed by atoms with E-state index in [0.717, 1.165) is 23.5 Å². The molecule has 60 heavy (non-hydrogen) atoms. The molecule has 1 heteroatoms. The second-order valence-electron chi connectivity index (χ2n) is 16.3. The lowest BCUT2D eigenvalue weighted by molar-refractivity contribution is 0.687. The van der Waals surface area contributed by atoms with Crippen molar-refractivity contribution in [2.24, 2.45) is 0 Å². The Morgan fingerprint density at radius 3 is 1.53 bits per heavy atom. The van der Waals surface area contributed by atoms with Gasteiger partial charge in [0.25, 0.3) is 0 Å². The van der Waals surface area contributed by atoms with Crippen LogP contribution in [-0.2, 0) is 18.3 Å². The van der Waals surface area contributed by atoms with Crippen LogP contribution in [0.25, 0.3) is 44.5 Å². The van der Waals surface area contributed by atoms with E-state index in [-0.39, 0.29) is 0 Å². The SMILES string of the molecule is c1ccc(-c2ccc(N(c3ccccc3)c3cc4c(cc3-c3ccc(-c5cccc6c5CCCC6)cc3)-c3ccccc3C4(c3ccccc3)c3ccccc3)cc2)cc1. The number of para-hydroxylation sites is 1. The fourth-order valence-electron chi connectivity index (χ4n) is 10.2. The molecule has 0 heterocycles. The van der Waals surface area contributed by atoms with E-state index in [4.69, 9.17) is 0 Å². The van der Waals surface area contributed by atoms with Gasteiger partial charge in [-0.25, -0.2) is 0 Å². The number of rotatable bonds is 8. The van der Waals surface area contributed by atoms with E-state index in [9.17, 15) is 0 Å². The number of nitrogens with zero attached hydrogens (tertiary/aromatic N) is 1. The zero-order valence-corrected chi connectivity index (χ0v) is 33.6. The minimum Gasteiger partial charge on any atom is -0.310 e. The van der Waals surface area contributed by atoms with Gasteiger partial charge < -0.3 is 4.90 Å². The maximum absolute atomic E-state index is 2.52. The van der Waals surface area contributed by atoms with Crippen molar-refractivity contribution in [2.45, 2.75) is 31.1 Å². The topological polar surface area (TPSA) is 3.24 Å². The molecule has 0 spiro atoms. The lowest BCUT2D eigenvalue weighted by Gasteiger charge is -2.35. The highest BCUT2D eigenvalue weighted by atomic mass is 15.1. The Morgan fingerprint density at radius 2 is 0.850 bits per heavy atom. The first-order chi connectivity index (χ1) is 29.8. The maximum atomic E-state index is 2.52. The zero-order valence-electron chi connectivity index (χ0n) is 33.6. The van der Waals surface area contributed by atoms with Crippen LogP contribution in [0.1, 0.15) is 46.2 Å². The van der Waals surface area contributed by atoms with Gasteiger partial charge in [0.15, 0.2) is 0 Å². The van der Waals surface area contributed by atoms with E-state index in [0.29, 0.717) is 0 Å². The lowest BCUT2D eigenvalue weighted by Crippen LogP contribution is -2.28. The average molecular weight is 768 g/mol. The summed E-state index contributed by atoms with van der Waals surface area (Å²) in [7, 11) is 0. The molecule has 0 fully saturated rings. The third kappa shape index (κ3) is 6.00. The van der Waals surface area contributed by atoms with Gasteiger partial charge in [0.05, 0.1) is 11.1 Å². The van der Waals surface area contributed by atoms with Gasteiger partial charge >= 0.3 is 0 Å². The molecule has 0 saturated heterocycles. The fraction of sp³-hybridized carbons (Fsp3) is 0.0847. The molecule has 0 unspecified atom stereocenters. The zero-order chi connectivity index (χ0) is 39.9. The highest BCUT2D eigenvalue weighted by Gasteiger charge is 2.46. The van der Waals surface area contributed by atoms with Crippen LogP contribution in [-0.4, -0.2) is 0 Å². The molecular weight excluding hydrogens is 723 g/mol. The quantitative estimate of drug-likeness (QED) is 0.149. The van der Waals surface area contributed by atoms with Crippen LogP contribution < -0.4 is 4.90 Å². The lowest BCUT2D eigenvalue weighted by atomic mass is 9.67. The predicted molar refractivity (Wildman–Crippen MR) is 251 cm³/mol. The Kier molecular flexibility index (Phi) is 9.09. The second-order valence-corrected chi connectivity index (χ2v) is 16.3. The predicted octanol–water partition coefficient (Wildman–Crippen LogP) is 15.4. The molecule has 286 valence electrons. The molecule has 1 nitrogen and oxygen atoms in total. The number of fused-ring (bicyclic) bond motifs is 4.